The third-order valence-electron chi connectivity index (χ3n) is 8.47. The fraction of sp³-hybridized carbons (Fsp3) is 0.0909. The number of benzene rings is 5. The number of imide groups is 1. The Kier molecular flexibility index (Phi) is 5.93. The molecule has 0 aromatic heterocycles. The molecule has 0 atom stereocenters. The average molecular weight is 624 g/mol. The Morgan fingerprint density at radius 3 is 1.87 bits per heavy atom. The number of carbonyl (C=O) groups is 4. The summed E-state index contributed by atoms with van der Waals surface area (Å²) in [7, 11) is 0. The van der Waals surface area contributed by atoms with Gasteiger partial charge in [0, 0.05) is 61.5 Å². The average Bonchev–Trinajstić information content (AvgIpc) is 3.55. The van der Waals surface area contributed by atoms with Crippen molar-refractivity contribution in [2.45, 2.75) is 18.4 Å². The maximum absolute atomic E-state index is 13.6. The van der Waals surface area contributed by atoms with E-state index in [1.165, 1.54) is 18.2 Å². The lowest BCUT2D eigenvalue weighted by atomic mass is 9.76. The van der Waals surface area contributed by atoms with E-state index in [-0.39, 0.29) is 24.0 Å². The first-order chi connectivity index (χ1) is 22.8. The first-order valence-corrected chi connectivity index (χ1v) is 14.2. The second-order valence-corrected chi connectivity index (χ2v) is 11.0. The van der Waals surface area contributed by atoms with Gasteiger partial charge in [-0.1, -0.05) is 46.6 Å². The highest BCUT2D eigenvalue weighted by atomic mass is 16.7. The lowest BCUT2D eigenvalue weighted by Crippen LogP contribution is -2.34. The topological polar surface area (TPSA) is 197 Å². The molecular weight excluding hydrogens is 606 g/mol. The molecule has 0 saturated carbocycles. The molecule has 226 valence electrons. The van der Waals surface area contributed by atoms with Crippen LogP contribution in [-0.4, -0.2) is 28.8 Å². The Morgan fingerprint density at radius 1 is 0.745 bits per heavy atom. The monoisotopic (exact) mass is 623 g/mol. The highest BCUT2D eigenvalue weighted by Crippen LogP contribution is 2.59. The minimum Gasteiger partial charge on any atom is -0.455 e. The van der Waals surface area contributed by atoms with Crippen molar-refractivity contribution in [2.75, 3.05) is 0 Å². The molecule has 5 aromatic carbocycles. The molecule has 14 heteroatoms. The molecule has 14 nitrogen and oxygen atoms in total. The molecule has 1 saturated heterocycles. The second kappa shape index (κ2) is 10.1. The van der Waals surface area contributed by atoms with E-state index in [0.29, 0.717) is 66.2 Å². The highest BCUT2D eigenvalue weighted by molar-refractivity contribution is 6.05. The fourth-order valence-electron chi connectivity index (χ4n) is 6.41. The van der Waals surface area contributed by atoms with Gasteiger partial charge in [-0.05, 0) is 64.3 Å². The van der Waals surface area contributed by atoms with Crippen molar-refractivity contribution in [1.82, 2.24) is 5.06 Å². The van der Waals surface area contributed by atoms with Gasteiger partial charge in [-0.3, -0.25) is 9.59 Å². The minimum atomic E-state index is -1.61. The van der Waals surface area contributed by atoms with Crippen LogP contribution in [0.25, 0.3) is 42.4 Å². The zero-order valence-corrected chi connectivity index (χ0v) is 23.9. The van der Waals surface area contributed by atoms with Crippen molar-refractivity contribution in [3.8, 4) is 11.5 Å². The summed E-state index contributed by atoms with van der Waals surface area (Å²) in [6.07, 6.45) is -0.127. The number of azide groups is 2. The van der Waals surface area contributed by atoms with Gasteiger partial charge in [0.2, 0.25) is 0 Å². The van der Waals surface area contributed by atoms with Crippen molar-refractivity contribution in [3.05, 3.63) is 128 Å². The summed E-state index contributed by atoms with van der Waals surface area (Å²) in [5.74, 6) is -2.16. The molecule has 1 spiro atoms. The summed E-state index contributed by atoms with van der Waals surface area (Å²) >= 11 is 0. The molecule has 0 radical (unpaired) electrons. The van der Waals surface area contributed by atoms with Gasteiger partial charge < -0.3 is 14.3 Å². The molecule has 0 aliphatic carbocycles. The normalized spacial score (nSPS) is 17.4. The highest BCUT2D eigenvalue weighted by Gasteiger charge is 2.54. The molecule has 47 heavy (non-hydrogen) atoms. The first-order valence-electron chi connectivity index (χ1n) is 14.2. The number of ether oxygens (including phenoxy) is 2. The van der Waals surface area contributed by atoms with Gasteiger partial charge in [-0.15, -0.1) is 5.06 Å². The van der Waals surface area contributed by atoms with Crippen LogP contribution >= 0.6 is 0 Å². The SMILES string of the molecule is [N-]=[N+]=Nc1ccc2c3c(ccc2c1)C1(OC(=O)c2ccc(C(=O)ON4C(=O)CCC4=O)cc21)c1ccc2cc(N=[N+]=[N-])ccc2c1O3. The van der Waals surface area contributed by atoms with Gasteiger partial charge in [0.1, 0.15) is 11.5 Å². The van der Waals surface area contributed by atoms with Crippen LogP contribution < -0.4 is 4.74 Å². The van der Waals surface area contributed by atoms with Crippen molar-refractivity contribution in [1.29, 1.82) is 0 Å². The fourth-order valence-corrected chi connectivity index (χ4v) is 6.41. The van der Waals surface area contributed by atoms with E-state index in [1.54, 1.807) is 60.7 Å². The minimum absolute atomic E-state index is 0.0249. The molecule has 3 heterocycles. The summed E-state index contributed by atoms with van der Waals surface area (Å²) in [5.41, 5.74) is 18.5. The largest absolute Gasteiger partial charge is 0.455 e. The number of rotatable bonds is 4. The Bertz CT molecular complexity index is 2290. The number of esters is 1. The van der Waals surface area contributed by atoms with Gasteiger partial charge >= 0.3 is 11.9 Å². The number of fused-ring (bicyclic) bond motifs is 10. The second-order valence-electron chi connectivity index (χ2n) is 11.0. The van der Waals surface area contributed by atoms with Crippen LogP contribution in [0, 0.1) is 0 Å². The lowest BCUT2D eigenvalue weighted by Gasteiger charge is -2.37. The number of hydrogen-bond acceptors (Lipinski definition) is 9. The zero-order chi connectivity index (χ0) is 32.4. The summed E-state index contributed by atoms with van der Waals surface area (Å²) in [4.78, 5) is 62.0. The molecule has 0 bridgehead atoms. The van der Waals surface area contributed by atoms with E-state index in [4.69, 9.17) is 25.4 Å². The Balaban J connectivity index is 1.38. The summed E-state index contributed by atoms with van der Waals surface area (Å²) < 4.78 is 13.0. The molecule has 3 aliphatic rings. The van der Waals surface area contributed by atoms with Crippen LogP contribution in [0.2, 0.25) is 0 Å². The van der Waals surface area contributed by atoms with Gasteiger partial charge in [-0.2, -0.15) is 0 Å². The smallest absolute Gasteiger partial charge is 0.363 e. The molecule has 5 aromatic rings. The summed E-state index contributed by atoms with van der Waals surface area (Å²) in [6, 6.07) is 21.4. The molecule has 3 aliphatic heterocycles. The lowest BCUT2D eigenvalue weighted by molar-refractivity contribution is -0.172. The van der Waals surface area contributed by atoms with Crippen LogP contribution in [-0.2, 0) is 24.8 Å². The Labute approximate surface area is 262 Å². The van der Waals surface area contributed by atoms with Crippen molar-refractivity contribution >= 4 is 56.7 Å². The molecular formula is C33H17N7O7. The Hall–Kier alpha value is -6.88. The molecule has 0 unspecified atom stereocenters. The number of carbonyl (C=O) groups excluding carboxylic acids is 4. The van der Waals surface area contributed by atoms with E-state index >= 15 is 0 Å². The van der Waals surface area contributed by atoms with Gasteiger partial charge in [-0.25, -0.2) is 9.59 Å². The quantitative estimate of drug-likeness (QED) is 0.0643. The predicted octanol–water partition coefficient (Wildman–Crippen LogP) is 7.67. The van der Waals surface area contributed by atoms with E-state index in [9.17, 15) is 19.2 Å². The van der Waals surface area contributed by atoms with E-state index in [0.717, 1.165) is 0 Å². The standard InChI is InChI=1S/C33H17N7O7/c34-38-36-19-4-7-21-16(13-19)2-9-24-29(21)45-30-22-8-5-20(37-39-35)14-17(22)3-10-25(30)33(24)26-15-18(1-6-23(26)32(44)46-33)31(43)47-40-27(41)11-12-28(40)42/h1-10,13-15H,11-12H2. The van der Waals surface area contributed by atoms with Gasteiger partial charge in [0.15, 0.2) is 5.60 Å². The maximum atomic E-state index is 13.6. The molecule has 8 rings (SSSR count). The van der Waals surface area contributed by atoms with E-state index in [1.807, 2.05) is 0 Å². The number of hydroxylamine groups is 2. The third-order valence-corrected chi connectivity index (χ3v) is 8.47. The molecule has 2 amide bonds. The maximum Gasteiger partial charge on any atom is 0.363 e. The summed E-state index contributed by atoms with van der Waals surface area (Å²) in [5, 5.41) is 10.5. The molecule has 0 N–H and O–H groups in total. The van der Waals surface area contributed by atoms with Crippen molar-refractivity contribution in [3.63, 3.8) is 0 Å². The van der Waals surface area contributed by atoms with Gasteiger partial charge in [0.05, 0.1) is 11.1 Å². The first kappa shape index (κ1) is 27.7. The molecule has 1 fully saturated rings. The predicted molar refractivity (Wildman–Crippen MR) is 164 cm³/mol. The number of amides is 2. The number of nitrogens with zero attached hydrogens (tertiary/aromatic N) is 7. The zero-order valence-electron chi connectivity index (χ0n) is 23.9. The van der Waals surface area contributed by atoms with Crippen molar-refractivity contribution in [2.24, 2.45) is 10.2 Å². The van der Waals surface area contributed by atoms with Crippen LogP contribution in [0.3, 0.4) is 0 Å². The van der Waals surface area contributed by atoms with Crippen LogP contribution in [0.4, 0.5) is 11.4 Å². The van der Waals surface area contributed by atoms with E-state index in [2.05, 4.69) is 20.1 Å². The van der Waals surface area contributed by atoms with E-state index < -0.39 is 29.4 Å². The van der Waals surface area contributed by atoms with Crippen LogP contribution in [0.5, 0.6) is 11.5 Å². The summed E-state index contributed by atoms with van der Waals surface area (Å²) in [6.45, 7) is 0. The number of hydrogen-bond donors (Lipinski definition) is 0. The van der Waals surface area contributed by atoms with Gasteiger partial charge in [0.25, 0.3) is 11.8 Å². The third kappa shape index (κ3) is 4.00. The van der Waals surface area contributed by atoms with Crippen LogP contribution in [0.15, 0.2) is 89.1 Å². The van der Waals surface area contributed by atoms with Crippen molar-refractivity contribution < 1.29 is 33.5 Å². The van der Waals surface area contributed by atoms with Crippen LogP contribution in [0.1, 0.15) is 50.2 Å². The Morgan fingerprint density at radius 2 is 1.32 bits per heavy atom.